The third kappa shape index (κ3) is 1.82. The number of nitriles is 4. The van der Waals surface area contributed by atoms with Gasteiger partial charge in [-0.2, -0.15) is 21.0 Å². The molecule has 0 saturated heterocycles. The molecule has 0 bridgehead atoms. The van der Waals surface area contributed by atoms with Crippen molar-refractivity contribution in [2.45, 2.75) is 6.10 Å². The second-order valence-electron chi connectivity index (χ2n) is 1.66. The Morgan fingerprint density at radius 2 is 1.50 bits per heavy atom. The number of rotatable bonds is 1. The van der Waals surface area contributed by atoms with Crippen molar-refractivity contribution >= 4 is 0 Å². The second kappa shape index (κ2) is 4.47. The molecule has 0 radical (unpaired) electrons. The van der Waals surface area contributed by atoms with E-state index in [2.05, 4.69) is 0 Å². The number of hydrogen-bond acceptors (Lipinski definition) is 5. The van der Waals surface area contributed by atoms with Crippen LogP contribution in [0.15, 0.2) is 11.1 Å². The number of aliphatic hydroxyl groups is 1. The average molecular weight is 158 g/mol. The molecule has 1 N–H and O–H groups in total. The van der Waals surface area contributed by atoms with Crippen molar-refractivity contribution in [1.29, 1.82) is 21.0 Å². The molecule has 1 unspecified atom stereocenters. The van der Waals surface area contributed by atoms with Crippen LogP contribution in [-0.2, 0) is 0 Å². The van der Waals surface area contributed by atoms with Gasteiger partial charge in [-0.05, 0) is 0 Å². The first kappa shape index (κ1) is 9.66. The topological polar surface area (TPSA) is 115 Å². The van der Waals surface area contributed by atoms with Gasteiger partial charge in [0, 0.05) is 0 Å². The van der Waals surface area contributed by atoms with Gasteiger partial charge in [0.2, 0.25) is 0 Å². The molecule has 0 spiro atoms. The van der Waals surface area contributed by atoms with Crippen LogP contribution in [0, 0.1) is 45.3 Å². The first-order chi connectivity index (χ1) is 5.71. The largest absolute Gasteiger partial charge is 0.373 e. The van der Waals surface area contributed by atoms with Gasteiger partial charge in [-0.15, -0.1) is 0 Å². The average Bonchev–Trinajstić information content (AvgIpc) is 2.12. The zero-order valence-corrected chi connectivity index (χ0v) is 5.81. The van der Waals surface area contributed by atoms with Crippen LogP contribution in [0.2, 0.25) is 0 Å². The predicted molar refractivity (Wildman–Crippen MR) is 35.5 cm³/mol. The fraction of sp³-hybridized carbons (Fsp3) is 0.143. The summed E-state index contributed by atoms with van der Waals surface area (Å²) in [5, 5.41) is 41.9. The Labute approximate surface area is 68.6 Å². The van der Waals surface area contributed by atoms with Gasteiger partial charge in [-0.25, -0.2) is 0 Å². The van der Waals surface area contributed by atoms with Crippen LogP contribution in [0.5, 0.6) is 0 Å². The maximum atomic E-state index is 8.81. The SMILES string of the molecule is N#CC(C#N)=C(C#N)C(O)C#N. The maximum absolute atomic E-state index is 8.81. The molecule has 0 aliphatic rings. The number of allylic oxidation sites excluding steroid dienone is 1. The first-order valence-electron chi connectivity index (χ1n) is 2.73. The van der Waals surface area contributed by atoms with Crippen molar-refractivity contribution < 1.29 is 5.11 Å². The highest BCUT2D eigenvalue weighted by atomic mass is 16.3. The Morgan fingerprint density at radius 1 is 1.00 bits per heavy atom. The summed E-state index contributed by atoms with van der Waals surface area (Å²) in [6, 6.07) is 5.56. The highest BCUT2D eigenvalue weighted by Crippen LogP contribution is 2.06. The Balaban J connectivity index is 5.25. The van der Waals surface area contributed by atoms with Gasteiger partial charge >= 0.3 is 0 Å². The van der Waals surface area contributed by atoms with E-state index in [1.807, 2.05) is 0 Å². The lowest BCUT2D eigenvalue weighted by atomic mass is 10.1. The standard InChI is InChI=1S/C7H2N4O/c8-1-5(2-9)6(3-10)7(12)4-11/h7,12H. The molecule has 12 heavy (non-hydrogen) atoms. The number of aliphatic hydroxyl groups excluding tert-OH is 1. The van der Waals surface area contributed by atoms with Crippen LogP contribution in [0.4, 0.5) is 0 Å². The molecule has 0 aliphatic heterocycles. The van der Waals surface area contributed by atoms with Crippen LogP contribution in [0.3, 0.4) is 0 Å². The second-order valence-corrected chi connectivity index (χ2v) is 1.66. The normalized spacial score (nSPS) is 9.42. The minimum absolute atomic E-state index is 0.512. The molecule has 1 atom stereocenters. The Hall–Kier alpha value is -2.34. The predicted octanol–water partition coefficient (Wildman–Crippen LogP) is -0.262. The third-order valence-corrected chi connectivity index (χ3v) is 1.01. The Morgan fingerprint density at radius 3 is 1.75 bits per heavy atom. The van der Waals surface area contributed by atoms with E-state index in [4.69, 9.17) is 26.2 Å². The molecule has 56 valence electrons. The van der Waals surface area contributed by atoms with Gasteiger partial charge < -0.3 is 5.11 Å². The molecule has 5 heteroatoms. The van der Waals surface area contributed by atoms with Crippen molar-refractivity contribution in [2.75, 3.05) is 0 Å². The van der Waals surface area contributed by atoms with Crippen LogP contribution in [0.1, 0.15) is 0 Å². The molecule has 0 rings (SSSR count). The minimum Gasteiger partial charge on any atom is -0.373 e. The van der Waals surface area contributed by atoms with Crippen molar-refractivity contribution in [3.8, 4) is 24.3 Å². The molecule has 0 saturated carbocycles. The zero-order chi connectivity index (χ0) is 9.56. The van der Waals surface area contributed by atoms with E-state index in [9.17, 15) is 0 Å². The summed E-state index contributed by atoms with van der Waals surface area (Å²) in [5.74, 6) is 0. The van der Waals surface area contributed by atoms with Crippen LogP contribution >= 0.6 is 0 Å². The van der Waals surface area contributed by atoms with Gasteiger partial charge in [0.05, 0.1) is 6.07 Å². The fourth-order valence-electron chi connectivity index (χ4n) is 0.464. The summed E-state index contributed by atoms with van der Waals surface area (Å²) in [5.41, 5.74) is -1.05. The Kier molecular flexibility index (Phi) is 3.60. The Bertz CT molecular complexity index is 352. The van der Waals surface area contributed by atoms with Crippen molar-refractivity contribution in [1.82, 2.24) is 0 Å². The van der Waals surface area contributed by atoms with E-state index in [1.54, 1.807) is 0 Å². The first-order valence-corrected chi connectivity index (χ1v) is 2.73. The summed E-state index contributed by atoms with van der Waals surface area (Å²) in [6.07, 6.45) is -1.70. The van der Waals surface area contributed by atoms with Gasteiger partial charge in [0.15, 0.2) is 6.10 Å². The third-order valence-electron chi connectivity index (χ3n) is 1.01. The van der Waals surface area contributed by atoms with Gasteiger partial charge in [0.25, 0.3) is 0 Å². The zero-order valence-electron chi connectivity index (χ0n) is 5.81. The quantitative estimate of drug-likeness (QED) is 0.416. The van der Waals surface area contributed by atoms with E-state index < -0.39 is 17.3 Å². The molecule has 0 aromatic heterocycles. The summed E-state index contributed by atoms with van der Waals surface area (Å²) < 4.78 is 0. The molecule has 5 nitrogen and oxygen atoms in total. The monoisotopic (exact) mass is 158 g/mol. The summed E-state index contributed by atoms with van der Waals surface area (Å²) in [4.78, 5) is 0. The summed E-state index contributed by atoms with van der Waals surface area (Å²) in [6.45, 7) is 0. The molecule has 0 aromatic rings. The van der Waals surface area contributed by atoms with Gasteiger partial charge in [0.1, 0.15) is 29.4 Å². The summed E-state index contributed by atoms with van der Waals surface area (Å²) >= 11 is 0. The molecule has 0 amide bonds. The van der Waals surface area contributed by atoms with Crippen molar-refractivity contribution in [2.24, 2.45) is 0 Å². The molecule has 0 aromatic carbocycles. The number of hydrogen-bond donors (Lipinski definition) is 1. The maximum Gasteiger partial charge on any atom is 0.177 e. The van der Waals surface area contributed by atoms with Crippen LogP contribution in [0.25, 0.3) is 0 Å². The van der Waals surface area contributed by atoms with Crippen LogP contribution in [-0.4, -0.2) is 11.2 Å². The minimum atomic E-state index is -1.70. The molecule has 0 heterocycles. The van der Waals surface area contributed by atoms with Gasteiger partial charge in [-0.3, -0.25) is 0 Å². The summed E-state index contributed by atoms with van der Waals surface area (Å²) in [7, 11) is 0. The van der Waals surface area contributed by atoms with E-state index >= 15 is 0 Å². The van der Waals surface area contributed by atoms with Crippen molar-refractivity contribution in [3.63, 3.8) is 0 Å². The molecule has 0 fully saturated rings. The van der Waals surface area contributed by atoms with E-state index in [0.29, 0.717) is 0 Å². The van der Waals surface area contributed by atoms with E-state index in [-0.39, 0.29) is 0 Å². The lowest BCUT2D eigenvalue weighted by Crippen LogP contribution is -2.07. The molecular formula is C7H2N4O. The fourth-order valence-corrected chi connectivity index (χ4v) is 0.464. The highest BCUT2D eigenvalue weighted by molar-refractivity contribution is 5.49. The van der Waals surface area contributed by atoms with Crippen LogP contribution < -0.4 is 0 Å². The van der Waals surface area contributed by atoms with Gasteiger partial charge in [-0.1, -0.05) is 0 Å². The van der Waals surface area contributed by atoms with E-state index in [0.717, 1.165) is 0 Å². The number of nitrogens with zero attached hydrogens (tertiary/aromatic N) is 4. The smallest absolute Gasteiger partial charge is 0.177 e. The van der Waals surface area contributed by atoms with Crippen molar-refractivity contribution in [3.05, 3.63) is 11.1 Å². The van der Waals surface area contributed by atoms with E-state index in [1.165, 1.54) is 24.3 Å². The lowest BCUT2D eigenvalue weighted by Gasteiger charge is -1.95. The molecular weight excluding hydrogens is 156 g/mol. The molecule has 0 aliphatic carbocycles. The lowest BCUT2D eigenvalue weighted by molar-refractivity contribution is 0.270. The highest BCUT2D eigenvalue weighted by Gasteiger charge is 2.14.